The second kappa shape index (κ2) is 6.27. The van der Waals surface area contributed by atoms with Crippen molar-refractivity contribution >= 4 is 23.2 Å². The van der Waals surface area contributed by atoms with Crippen LogP contribution in [0.4, 0.5) is 0 Å². The van der Waals surface area contributed by atoms with Gasteiger partial charge in [0.25, 0.3) is 0 Å². The monoisotopic (exact) mass is 322 g/mol. The molecule has 1 N–H and O–H groups in total. The van der Waals surface area contributed by atoms with Gasteiger partial charge in [0.2, 0.25) is 0 Å². The lowest BCUT2D eigenvalue weighted by Crippen LogP contribution is -2.09. The summed E-state index contributed by atoms with van der Waals surface area (Å²) in [5.41, 5.74) is 3.06. The van der Waals surface area contributed by atoms with E-state index in [1.807, 2.05) is 24.3 Å². The Morgan fingerprint density at radius 3 is 2.86 bits per heavy atom. The summed E-state index contributed by atoms with van der Waals surface area (Å²) in [4.78, 5) is 0. The highest BCUT2D eigenvalue weighted by Crippen LogP contribution is 2.32. The van der Waals surface area contributed by atoms with Crippen molar-refractivity contribution in [3.8, 4) is 5.75 Å². The molecule has 2 aromatic rings. The second-order valence-corrected chi connectivity index (χ2v) is 6.14. The van der Waals surface area contributed by atoms with Crippen molar-refractivity contribution in [3.63, 3.8) is 0 Å². The molecule has 21 heavy (non-hydrogen) atoms. The summed E-state index contributed by atoms with van der Waals surface area (Å²) in [6.07, 6.45) is 2.50. The fraction of sp³-hybridized carbons (Fsp3) is 0.294. The van der Waals surface area contributed by atoms with Gasteiger partial charge in [0.15, 0.2) is 0 Å². The normalized spacial score (nSPS) is 17.4. The van der Waals surface area contributed by atoms with Crippen LogP contribution in [0.2, 0.25) is 10.0 Å². The number of ether oxygens (including phenoxy) is 1. The number of halogens is 2. The zero-order chi connectivity index (χ0) is 14.8. The van der Waals surface area contributed by atoms with Crippen molar-refractivity contribution in [1.29, 1.82) is 0 Å². The summed E-state index contributed by atoms with van der Waals surface area (Å²) in [5, 5.41) is 11.2. The van der Waals surface area contributed by atoms with Crippen LogP contribution < -0.4 is 4.74 Å². The van der Waals surface area contributed by atoms with E-state index in [1.165, 1.54) is 5.56 Å². The molecule has 0 aromatic heterocycles. The number of hydrogen-bond donors (Lipinski definition) is 1. The molecule has 0 amide bonds. The molecule has 1 aliphatic rings. The lowest BCUT2D eigenvalue weighted by atomic mass is 9.89. The van der Waals surface area contributed by atoms with Crippen LogP contribution in [0, 0.1) is 0 Å². The first-order valence-electron chi connectivity index (χ1n) is 7.01. The molecule has 0 saturated carbocycles. The number of hydrogen-bond acceptors (Lipinski definition) is 2. The molecule has 1 unspecified atom stereocenters. The van der Waals surface area contributed by atoms with Crippen LogP contribution in [-0.4, -0.2) is 5.11 Å². The molecule has 1 atom stereocenters. The summed E-state index contributed by atoms with van der Waals surface area (Å²) in [7, 11) is 0. The Morgan fingerprint density at radius 2 is 2.00 bits per heavy atom. The molecular formula is C17H16Cl2O2. The van der Waals surface area contributed by atoms with Crippen molar-refractivity contribution in [2.24, 2.45) is 0 Å². The van der Waals surface area contributed by atoms with Crippen molar-refractivity contribution in [1.82, 2.24) is 0 Å². The van der Waals surface area contributed by atoms with Gasteiger partial charge < -0.3 is 9.84 Å². The van der Waals surface area contributed by atoms with E-state index in [9.17, 15) is 5.11 Å². The number of aliphatic hydroxyl groups excluding tert-OH is 1. The van der Waals surface area contributed by atoms with Gasteiger partial charge in [0.1, 0.15) is 12.4 Å². The molecule has 110 valence electrons. The van der Waals surface area contributed by atoms with Crippen LogP contribution in [0.3, 0.4) is 0 Å². The van der Waals surface area contributed by atoms with Gasteiger partial charge in [-0.1, -0.05) is 29.3 Å². The second-order valence-electron chi connectivity index (χ2n) is 5.29. The Labute approximate surface area is 134 Å². The first-order chi connectivity index (χ1) is 10.1. The Hall–Kier alpha value is -1.22. The Bertz CT molecular complexity index is 655. The van der Waals surface area contributed by atoms with E-state index < -0.39 is 0 Å². The summed E-state index contributed by atoms with van der Waals surface area (Å²) in [6, 6.07) is 11.2. The quantitative estimate of drug-likeness (QED) is 0.867. The molecule has 2 nitrogen and oxygen atoms in total. The smallest absolute Gasteiger partial charge is 0.120 e. The van der Waals surface area contributed by atoms with E-state index in [0.717, 1.165) is 36.1 Å². The number of rotatable bonds is 3. The van der Waals surface area contributed by atoms with Crippen molar-refractivity contribution in [2.75, 3.05) is 0 Å². The third-order valence-electron chi connectivity index (χ3n) is 3.80. The Kier molecular flexibility index (Phi) is 4.39. The van der Waals surface area contributed by atoms with Crippen LogP contribution >= 0.6 is 23.2 Å². The zero-order valence-corrected chi connectivity index (χ0v) is 13.0. The summed E-state index contributed by atoms with van der Waals surface area (Å²) in [5.74, 6) is 0.791. The minimum absolute atomic E-state index is 0.342. The maximum absolute atomic E-state index is 9.95. The summed E-state index contributed by atoms with van der Waals surface area (Å²) < 4.78 is 5.80. The van der Waals surface area contributed by atoms with Crippen molar-refractivity contribution < 1.29 is 9.84 Å². The fourth-order valence-electron chi connectivity index (χ4n) is 2.67. The highest BCUT2D eigenvalue weighted by atomic mass is 35.5. The average Bonchev–Trinajstić information content (AvgIpc) is 2.48. The van der Waals surface area contributed by atoms with Crippen LogP contribution in [0.15, 0.2) is 36.4 Å². The van der Waals surface area contributed by atoms with Gasteiger partial charge >= 0.3 is 0 Å². The third-order valence-corrected chi connectivity index (χ3v) is 4.40. The van der Waals surface area contributed by atoms with Gasteiger partial charge in [-0.3, -0.25) is 0 Å². The molecule has 0 heterocycles. The molecule has 0 bridgehead atoms. The largest absolute Gasteiger partial charge is 0.489 e. The average molecular weight is 323 g/mol. The van der Waals surface area contributed by atoms with Crippen LogP contribution in [0.25, 0.3) is 0 Å². The first-order valence-corrected chi connectivity index (χ1v) is 7.76. The van der Waals surface area contributed by atoms with E-state index in [1.54, 1.807) is 12.1 Å². The summed E-state index contributed by atoms with van der Waals surface area (Å²) in [6.45, 7) is 0.376. The van der Waals surface area contributed by atoms with Crippen LogP contribution in [-0.2, 0) is 13.0 Å². The van der Waals surface area contributed by atoms with E-state index in [-0.39, 0.29) is 6.10 Å². The van der Waals surface area contributed by atoms with Crippen molar-refractivity contribution in [3.05, 3.63) is 63.1 Å². The summed E-state index contributed by atoms with van der Waals surface area (Å²) >= 11 is 12.1. The lowest BCUT2D eigenvalue weighted by molar-refractivity contribution is 0.156. The molecule has 0 fully saturated rings. The predicted molar refractivity (Wildman–Crippen MR) is 85.1 cm³/mol. The van der Waals surface area contributed by atoms with E-state index >= 15 is 0 Å². The minimum Gasteiger partial charge on any atom is -0.489 e. The molecule has 0 radical (unpaired) electrons. The van der Waals surface area contributed by atoms with E-state index in [4.69, 9.17) is 27.9 Å². The van der Waals surface area contributed by atoms with Crippen molar-refractivity contribution in [2.45, 2.75) is 32.0 Å². The molecule has 0 saturated heterocycles. The molecule has 0 spiro atoms. The van der Waals surface area contributed by atoms with Gasteiger partial charge in [-0.25, -0.2) is 0 Å². The van der Waals surface area contributed by atoms with Crippen LogP contribution in [0.1, 0.15) is 35.6 Å². The number of benzene rings is 2. The van der Waals surface area contributed by atoms with Gasteiger partial charge in [-0.15, -0.1) is 0 Å². The number of fused-ring (bicyclic) bond motifs is 1. The number of aryl methyl sites for hydroxylation is 1. The van der Waals surface area contributed by atoms with Gasteiger partial charge in [-0.05, 0) is 60.7 Å². The zero-order valence-electron chi connectivity index (χ0n) is 11.5. The standard InChI is InChI=1S/C17H16Cl2O2/c18-13-4-7-16(19)12(8-13)10-21-14-5-6-15-11(9-14)2-1-3-17(15)20/h4-9,17,20H,1-3,10H2. The molecular weight excluding hydrogens is 307 g/mol. The maximum Gasteiger partial charge on any atom is 0.120 e. The molecule has 2 aromatic carbocycles. The molecule has 0 aliphatic heterocycles. The van der Waals surface area contributed by atoms with Gasteiger partial charge in [0, 0.05) is 15.6 Å². The third kappa shape index (κ3) is 3.34. The topological polar surface area (TPSA) is 29.5 Å². The Morgan fingerprint density at radius 1 is 1.14 bits per heavy atom. The SMILES string of the molecule is OC1CCCc2cc(OCc3cc(Cl)ccc3Cl)ccc21. The minimum atomic E-state index is -0.342. The van der Waals surface area contributed by atoms with E-state index in [2.05, 4.69) is 0 Å². The van der Waals surface area contributed by atoms with E-state index in [0.29, 0.717) is 16.7 Å². The Balaban J connectivity index is 1.75. The molecule has 3 rings (SSSR count). The maximum atomic E-state index is 9.95. The molecule has 1 aliphatic carbocycles. The number of aliphatic hydroxyl groups is 1. The van der Waals surface area contributed by atoms with Gasteiger partial charge in [-0.2, -0.15) is 0 Å². The highest BCUT2D eigenvalue weighted by Gasteiger charge is 2.18. The predicted octanol–water partition coefficient (Wildman–Crippen LogP) is 4.94. The fourth-order valence-corrected chi connectivity index (χ4v) is 3.04. The van der Waals surface area contributed by atoms with Gasteiger partial charge in [0.05, 0.1) is 6.10 Å². The van der Waals surface area contributed by atoms with Crippen LogP contribution in [0.5, 0.6) is 5.75 Å². The first kappa shape index (κ1) is 14.7. The highest BCUT2D eigenvalue weighted by molar-refractivity contribution is 6.33. The molecule has 4 heteroatoms. The lowest BCUT2D eigenvalue weighted by Gasteiger charge is -2.22.